The lowest BCUT2D eigenvalue weighted by Gasteiger charge is -2.00. The maximum Gasteiger partial charge on any atom is 0.121 e. The highest BCUT2D eigenvalue weighted by Gasteiger charge is 2.22. The zero-order valence-corrected chi connectivity index (χ0v) is 8.87. The van der Waals surface area contributed by atoms with E-state index in [1.807, 2.05) is 10.7 Å². The molecule has 0 aliphatic heterocycles. The van der Waals surface area contributed by atoms with E-state index in [-0.39, 0.29) is 0 Å². The molecule has 1 aromatic rings. The number of aryl methyl sites for hydroxylation is 1. The molecule has 1 aliphatic carbocycles. The average Bonchev–Trinajstić information content (AvgIpc) is 2.90. The predicted octanol–water partition coefficient (Wildman–Crippen LogP) is 2.22. The quantitative estimate of drug-likeness (QED) is 0.779. The smallest absolute Gasteiger partial charge is 0.121 e. The molecule has 0 bridgehead atoms. The van der Waals surface area contributed by atoms with E-state index in [4.69, 9.17) is 5.73 Å². The zero-order valence-electron chi connectivity index (χ0n) is 8.87. The third kappa shape index (κ3) is 2.28. The number of unbranched alkanes of at least 4 members (excludes halogenated alkanes) is 1. The van der Waals surface area contributed by atoms with E-state index in [2.05, 4.69) is 12.0 Å². The van der Waals surface area contributed by atoms with Crippen molar-refractivity contribution in [2.45, 2.75) is 45.6 Å². The predicted molar refractivity (Wildman–Crippen MR) is 58.0 cm³/mol. The highest BCUT2D eigenvalue weighted by molar-refractivity contribution is 5.31. The molecule has 3 heteroatoms. The van der Waals surface area contributed by atoms with Crippen LogP contribution < -0.4 is 5.73 Å². The first kappa shape index (κ1) is 9.56. The monoisotopic (exact) mass is 193 g/mol. The number of anilines is 1. The zero-order chi connectivity index (χ0) is 9.97. The lowest BCUT2D eigenvalue weighted by molar-refractivity contribution is 0.561. The lowest BCUT2D eigenvalue weighted by atomic mass is 10.2. The molecular weight excluding hydrogens is 174 g/mol. The van der Waals surface area contributed by atoms with E-state index < -0.39 is 0 Å². The van der Waals surface area contributed by atoms with Gasteiger partial charge in [0.2, 0.25) is 0 Å². The number of nitrogen functional groups attached to an aromatic ring is 1. The van der Waals surface area contributed by atoms with Gasteiger partial charge in [-0.05, 0) is 31.6 Å². The van der Waals surface area contributed by atoms with E-state index in [9.17, 15) is 0 Å². The Hall–Kier alpha value is -0.990. The van der Waals surface area contributed by atoms with Gasteiger partial charge in [-0.25, -0.2) is 4.68 Å². The van der Waals surface area contributed by atoms with Crippen LogP contribution in [0.1, 0.15) is 38.3 Å². The van der Waals surface area contributed by atoms with Crippen molar-refractivity contribution in [3.8, 4) is 0 Å². The summed E-state index contributed by atoms with van der Waals surface area (Å²) < 4.78 is 1.97. The van der Waals surface area contributed by atoms with Gasteiger partial charge in [0.05, 0.1) is 5.69 Å². The van der Waals surface area contributed by atoms with Gasteiger partial charge in [-0.3, -0.25) is 0 Å². The molecule has 2 rings (SSSR count). The van der Waals surface area contributed by atoms with Crippen molar-refractivity contribution in [2.75, 3.05) is 5.73 Å². The first-order chi connectivity index (χ1) is 6.79. The van der Waals surface area contributed by atoms with Crippen molar-refractivity contribution in [2.24, 2.45) is 5.92 Å². The average molecular weight is 193 g/mol. The summed E-state index contributed by atoms with van der Waals surface area (Å²) in [7, 11) is 0. The second-order valence-electron chi connectivity index (χ2n) is 4.29. The number of aromatic nitrogens is 2. The van der Waals surface area contributed by atoms with Gasteiger partial charge < -0.3 is 5.73 Å². The molecule has 0 unspecified atom stereocenters. The van der Waals surface area contributed by atoms with Crippen LogP contribution in [0.2, 0.25) is 0 Å². The van der Waals surface area contributed by atoms with Gasteiger partial charge >= 0.3 is 0 Å². The molecular formula is C11H19N3. The summed E-state index contributed by atoms with van der Waals surface area (Å²) in [5.74, 6) is 1.68. The molecule has 1 aliphatic rings. The van der Waals surface area contributed by atoms with Crippen LogP contribution in [0, 0.1) is 5.92 Å². The number of rotatable bonds is 5. The number of hydrogen-bond acceptors (Lipinski definition) is 2. The molecule has 78 valence electrons. The van der Waals surface area contributed by atoms with Gasteiger partial charge in [0.1, 0.15) is 5.82 Å². The van der Waals surface area contributed by atoms with Crippen LogP contribution in [0.25, 0.3) is 0 Å². The third-order valence-electron chi connectivity index (χ3n) is 2.78. The fourth-order valence-electron chi connectivity index (χ4n) is 1.66. The Bertz CT molecular complexity index is 299. The molecule has 0 atom stereocenters. The Labute approximate surface area is 85.3 Å². The molecule has 3 nitrogen and oxygen atoms in total. The van der Waals surface area contributed by atoms with Gasteiger partial charge in [0.15, 0.2) is 0 Å². The fourth-order valence-corrected chi connectivity index (χ4v) is 1.66. The highest BCUT2D eigenvalue weighted by atomic mass is 15.3. The van der Waals surface area contributed by atoms with Gasteiger partial charge in [-0.15, -0.1) is 0 Å². The Morgan fingerprint density at radius 2 is 2.36 bits per heavy atom. The highest BCUT2D eigenvalue weighted by Crippen LogP contribution is 2.31. The lowest BCUT2D eigenvalue weighted by Crippen LogP contribution is -2.06. The SMILES string of the molecule is CCCCc1cc(N)n(CC2CC2)n1. The first-order valence-corrected chi connectivity index (χ1v) is 5.61. The molecule has 1 fully saturated rings. The van der Waals surface area contributed by atoms with Crippen LogP contribution in [0.3, 0.4) is 0 Å². The number of nitrogens with two attached hydrogens (primary N) is 1. The van der Waals surface area contributed by atoms with Gasteiger partial charge in [0, 0.05) is 12.6 Å². The van der Waals surface area contributed by atoms with E-state index in [1.165, 1.54) is 25.7 Å². The van der Waals surface area contributed by atoms with Crippen LogP contribution in [0.4, 0.5) is 5.82 Å². The van der Waals surface area contributed by atoms with E-state index in [0.29, 0.717) is 0 Å². The summed E-state index contributed by atoms with van der Waals surface area (Å²) in [5.41, 5.74) is 7.05. The molecule has 0 aromatic carbocycles. The topological polar surface area (TPSA) is 43.8 Å². The van der Waals surface area contributed by atoms with E-state index in [1.54, 1.807) is 0 Å². The van der Waals surface area contributed by atoms with Gasteiger partial charge in [0.25, 0.3) is 0 Å². The molecule has 0 amide bonds. The largest absolute Gasteiger partial charge is 0.384 e. The minimum absolute atomic E-state index is 0.836. The molecule has 0 saturated heterocycles. The standard InChI is InChI=1S/C11H19N3/c1-2-3-4-10-7-11(12)14(13-10)8-9-5-6-9/h7,9H,2-6,8,12H2,1H3. The minimum atomic E-state index is 0.836. The van der Waals surface area contributed by atoms with Crippen molar-refractivity contribution in [1.29, 1.82) is 0 Å². The normalized spacial score (nSPS) is 16.1. The number of nitrogens with zero attached hydrogens (tertiary/aromatic N) is 2. The van der Waals surface area contributed by atoms with Crippen molar-refractivity contribution >= 4 is 5.82 Å². The summed E-state index contributed by atoms with van der Waals surface area (Å²) in [6, 6.07) is 2.03. The third-order valence-corrected chi connectivity index (χ3v) is 2.78. The molecule has 1 aromatic heterocycles. The second-order valence-corrected chi connectivity index (χ2v) is 4.29. The van der Waals surface area contributed by atoms with Crippen LogP contribution in [-0.2, 0) is 13.0 Å². The summed E-state index contributed by atoms with van der Waals surface area (Å²) in [4.78, 5) is 0. The molecule has 0 spiro atoms. The maximum atomic E-state index is 5.89. The van der Waals surface area contributed by atoms with Crippen molar-refractivity contribution in [3.63, 3.8) is 0 Å². The van der Waals surface area contributed by atoms with E-state index in [0.717, 1.165) is 30.4 Å². The van der Waals surface area contributed by atoms with Crippen molar-refractivity contribution < 1.29 is 0 Å². The summed E-state index contributed by atoms with van der Waals surface area (Å²) in [6.45, 7) is 3.22. The van der Waals surface area contributed by atoms with E-state index >= 15 is 0 Å². The Balaban J connectivity index is 1.96. The minimum Gasteiger partial charge on any atom is -0.384 e. The number of hydrogen-bond donors (Lipinski definition) is 1. The Kier molecular flexibility index (Phi) is 2.75. The molecule has 1 heterocycles. The van der Waals surface area contributed by atoms with Crippen LogP contribution in [-0.4, -0.2) is 9.78 Å². The summed E-state index contributed by atoms with van der Waals surface area (Å²) in [5, 5.41) is 4.52. The molecule has 14 heavy (non-hydrogen) atoms. The molecule has 0 radical (unpaired) electrons. The van der Waals surface area contributed by atoms with Gasteiger partial charge in [-0.1, -0.05) is 13.3 Å². The van der Waals surface area contributed by atoms with Crippen molar-refractivity contribution in [3.05, 3.63) is 11.8 Å². The first-order valence-electron chi connectivity index (χ1n) is 5.61. The van der Waals surface area contributed by atoms with Crippen molar-refractivity contribution in [1.82, 2.24) is 9.78 Å². The molecule has 2 N–H and O–H groups in total. The summed E-state index contributed by atoms with van der Waals surface area (Å²) >= 11 is 0. The van der Waals surface area contributed by atoms with Crippen LogP contribution in [0.15, 0.2) is 6.07 Å². The maximum absolute atomic E-state index is 5.89. The van der Waals surface area contributed by atoms with Gasteiger partial charge in [-0.2, -0.15) is 5.10 Å². The molecule has 1 saturated carbocycles. The van der Waals surface area contributed by atoms with Crippen LogP contribution in [0.5, 0.6) is 0 Å². The van der Waals surface area contributed by atoms with Crippen LogP contribution >= 0.6 is 0 Å². The summed E-state index contributed by atoms with van der Waals surface area (Å²) in [6.07, 6.45) is 6.20. The fraction of sp³-hybridized carbons (Fsp3) is 0.727. The second kappa shape index (κ2) is 4.03. The Morgan fingerprint density at radius 1 is 1.57 bits per heavy atom. The Morgan fingerprint density at radius 3 is 3.00 bits per heavy atom.